The van der Waals surface area contributed by atoms with Crippen molar-refractivity contribution in [1.29, 1.82) is 0 Å². The minimum absolute atomic E-state index is 0.0843. The summed E-state index contributed by atoms with van der Waals surface area (Å²) < 4.78 is 0.714. The Kier molecular flexibility index (Phi) is 7.40. The van der Waals surface area contributed by atoms with Gasteiger partial charge in [-0.05, 0) is 40.0 Å². The highest BCUT2D eigenvalue weighted by Crippen LogP contribution is 2.22. The highest BCUT2D eigenvalue weighted by atomic mass is 79.9. The summed E-state index contributed by atoms with van der Waals surface area (Å²) in [5, 5.41) is 3.56. The largest absolute Gasteiger partial charge is 0.351 e. The molecule has 0 heterocycles. The molecule has 0 aromatic heterocycles. The first-order valence-corrected chi connectivity index (χ1v) is 8.45. The summed E-state index contributed by atoms with van der Waals surface area (Å²) in [7, 11) is 0. The third kappa shape index (κ3) is 5.09. The van der Waals surface area contributed by atoms with E-state index in [1.54, 1.807) is 18.2 Å². The van der Waals surface area contributed by atoms with Crippen LogP contribution in [0.2, 0.25) is 5.02 Å². The van der Waals surface area contributed by atoms with Crippen LogP contribution < -0.4 is 5.32 Å². The maximum Gasteiger partial charge on any atom is 0.252 e. The molecule has 0 bridgehead atoms. The summed E-state index contributed by atoms with van der Waals surface area (Å²) in [5.74, 6) is 0.493. The molecule has 0 aliphatic carbocycles. The van der Waals surface area contributed by atoms with Gasteiger partial charge in [0.05, 0.1) is 5.56 Å². The maximum absolute atomic E-state index is 12.1. The van der Waals surface area contributed by atoms with Gasteiger partial charge in [0.1, 0.15) is 0 Å². The summed E-state index contributed by atoms with van der Waals surface area (Å²) in [6.07, 6.45) is 2.21. The highest BCUT2D eigenvalue weighted by Gasteiger charge is 2.17. The van der Waals surface area contributed by atoms with Crippen molar-refractivity contribution in [2.45, 2.75) is 31.5 Å². The second-order valence-electron chi connectivity index (χ2n) is 4.43. The fourth-order valence-corrected chi connectivity index (χ4v) is 3.70. The number of alkyl halides is 1. The van der Waals surface area contributed by atoms with Gasteiger partial charge in [0.2, 0.25) is 0 Å². The van der Waals surface area contributed by atoms with Gasteiger partial charge in [-0.25, -0.2) is 0 Å². The van der Waals surface area contributed by atoms with Gasteiger partial charge in [-0.3, -0.25) is 4.79 Å². The Labute approximate surface area is 136 Å². The summed E-state index contributed by atoms with van der Waals surface area (Å²) in [5.41, 5.74) is 0.605. The fourth-order valence-electron chi connectivity index (χ4n) is 1.93. The Morgan fingerprint density at radius 2 is 2.00 bits per heavy atom. The van der Waals surface area contributed by atoms with Crippen molar-refractivity contribution in [3.8, 4) is 0 Å². The minimum Gasteiger partial charge on any atom is -0.351 e. The molecular formula is C14H18Br2ClNO. The van der Waals surface area contributed by atoms with Crippen LogP contribution in [0.3, 0.4) is 0 Å². The Bertz CT molecular complexity index is 435. The van der Waals surface area contributed by atoms with E-state index in [1.165, 1.54) is 0 Å². The average molecular weight is 412 g/mol. The number of carbonyl (C=O) groups excluding carboxylic acids is 1. The second-order valence-corrected chi connectivity index (χ2v) is 6.89. The first kappa shape index (κ1) is 17.0. The number of halogens is 3. The minimum atomic E-state index is -0.0843. The first-order valence-electron chi connectivity index (χ1n) is 6.36. The zero-order valence-electron chi connectivity index (χ0n) is 11.1. The second kappa shape index (κ2) is 8.28. The van der Waals surface area contributed by atoms with E-state index in [1.807, 2.05) is 0 Å². The van der Waals surface area contributed by atoms with Crippen molar-refractivity contribution in [2.75, 3.05) is 6.54 Å². The third-order valence-electron chi connectivity index (χ3n) is 3.19. The van der Waals surface area contributed by atoms with Crippen molar-refractivity contribution < 1.29 is 4.79 Å². The maximum atomic E-state index is 12.1. The third-order valence-corrected chi connectivity index (χ3v) is 5.16. The van der Waals surface area contributed by atoms with Gasteiger partial charge in [-0.2, -0.15) is 0 Å². The van der Waals surface area contributed by atoms with E-state index >= 15 is 0 Å². The number of carbonyl (C=O) groups is 1. The number of benzene rings is 1. The highest BCUT2D eigenvalue weighted by molar-refractivity contribution is 9.10. The summed E-state index contributed by atoms with van der Waals surface area (Å²) in [4.78, 5) is 12.4. The van der Waals surface area contributed by atoms with Crippen molar-refractivity contribution in [1.82, 2.24) is 5.32 Å². The lowest BCUT2D eigenvalue weighted by Gasteiger charge is -2.20. The fraction of sp³-hybridized carbons (Fsp3) is 0.500. The molecule has 1 aromatic carbocycles. The van der Waals surface area contributed by atoms with Crippen LogP contribution in [0.1, 0.15) is 37.0 Å². The Morgan fingerprint density at radius 3 is 2.53 bits per heavy atom. The van der Waals surface area contributed by atoms with Crippen LogP contribution in [0, 0.1) is 5.92 Å². The number of nitrogens with one attached hydrogen (secondary N) is 1. The summed E-state index contributed by atoms with van der Waals surface area (Å²) in [6.45, 7) is 4.96. The Balaban J connectivity index is 2.60. The SMILES string of the molecule is CCC(CC)C(Br)CNC(=O)c1ccc(Cl)cc1Br. The van der Waals surface area contributed by atoms with Gasteiger partial charge >= 0.3 is 0 Å². The molecule has 1 rings (SSSR count). The predicted molar refractivity (Wildman–Crippen MR) is 88.3 cm³/mol. The normalized spacial score (nSPS) is 12.5. The van der Waals surface area contributed by atoms with E-state index in [-0.39, 0.29) is 5.91 Å². The molecule has 19 heavy (non-hydrogen) atoms. The summed E-state index contributed by atoms with van der Waals surface area (Å²) >= 11 is 12.9. The van der Waals surface area contributed by atoms with E-state index in [0.717, 1.165) is 12.8 Å². The molecule has 1 unspecified atom stereocenters. The molecule has 106 valence electrons. The molecule has 0 aliphatic rings. The van der Waals surface area contributed by atoms with Crippen molar-refractivity contribution in [2.24, 2.45) is 5.92 Å². The molecule has 0 saturated heterocycles. The van der Waals surface area contributed by atoms with Crippen LogP contribution >= 0.6 is 43.5 Å². The number of amides is 1. The Morgan fingerprint density at radius 1 is 1.37 bits per heavy atom. The molecule has 0 radical (unpaired) electrons. The predicted octanol–water partition coefficient (Wildman–Crippen LogP) is 5.03. The molecule has 5 heteroatoms. The van der Waals surface area contributed by atoms with Gasteiger partial charge in [0.25, 0.3) is 5.91 Å². The topological polar surface area (TPSA) is 29.1 Å². The molecule has 1 N–H and O–H groups in total. The number of hydrogen-bond acceptors (Lipinski definition) is 1. The zero-order valence-corrected chi connectivity index (χ0v) is 15.0. The van der Waals surface area contributed by atoms with E-state index in [2.05, 4.69) is 51.0 Å². The molecule has 0 fully saturated rings. The molecule has 1 atom stereocenters. The van der Waals surface area contributed by atoms with Crippen molar-refractivity contribution >= 4 is 49.4 Å². The lowest BCUT2D eigenvalue weighted by Crippen LogP contribution is -2.33. The van der Waals surface area contributed by atoms with Gasteiger partial charge in [0, 0.05) is 20.9 Å². The van der Waals surface area contributed by atoms with Crippen molar-refractivity contribution in [3.05, 3.63) is 33.3 Å². The van der Waals surface area contributed by atoms with Crippen LogP contribution in [0.5, 0.6) is 0 Å². The van der Waals surface area contributed by atoms with E-state index in [4.69, 9.17) is 11.6 Å². The smallest absolute Gasteiger partial charge is 0.252 e. The van der Waals surface area contributed by atoms with Crippen LogP contribution in [0.25, 0.3) is 0 Å². The van der Waals surface area contributed by atoms with E-state index in [9.17, 15) is 4.79 Å². The zero-order chi connectivity index (χ0) is 14.4. The van der Waals surface area contributed by atoms with Crippen LogP contribution in [0.15, 0.2) is 22.7 Å². The quantitative estimate of drug-likeness (QED) is 0.654. The lowest BCUT2D eigenvalue weighted by molar-refractivity contribution is 0.0951. The monoisotopic (exact) mass is 409 g/mol. The molecule has 0 saturated carbocycles. The molecule has 2 nitrogen and oxygen atoms in total. The van der Waals surface area contributed by atoms with Crippen LogP contribution in [0.4, 0.5) is 0 Å². The molecule has 0 aliphatic heterocycles. The van der Waals surface area contributed by atoms with Gasteiger partial charge in [-0.15, -0.1) is 0 Å². The van der Waals surface area contributed by atoms with Gasteiger partial charge in [-0.1, -0.05) is 54.2 Å². The van der Waals surface area contributed by atoms with Crippen LogP contribution in [-0.4, -0.2) is 17.3 Å². The standard InChI is InChI=1S/C14H18Br2ClNO/c1-3-9(4-2)13(16)8-18-14(19)11-6-5-10(17)7-12(11)15/h5-7,9,13H,3-4,8H2,1-2H3,(H,18,19). The van der Waals surface area contributed by atoms with Crippen molar-refractivity contribution in [3.63, 3.8) is 0 Å². The molecule has 1 aromatic rings. The van der Waals surface area contributed by atoms with Crippen LogP contribution in [-0.2, 0) is 0 Å². The number of hydrogen-bond donors (Lipinski definition) is 1. The number of rotatable bonds is 6. The lowest BCUT2D eigenvalue weighted by atomic mass is 9.99. The van der Waals surface area contributed by atoms with E-state index < -0.39 is 0 Å². The van der Waals surface area contributed by atoms with Gasteiger partial charge in [0.15, 0.2) is 0 Å². The molecule has 1 amide bonds. The average Bonchev–Trinajstić information content (AvgIpc) is 2.37. The van der Waals surface area contributed by atoms with E-state index in [0.29, 0.717) is 32.3 Å². The van der Waals surface area contributed by atoms with Gasteiger partial charge < -0.3 is 5.32 Å². The first-order chi connectivity index (χ1) is 8.99. The Hall–Kier alpha value is -0.0600. The molecular weight excluding hydrogens is 393 g/mol. The molecule has 0 spiro atoms. The summed E-state index contributed by atoms with van der Waals surface area (Å²) in [6, 6.07) is 5.17.